The van der Waals surface area contributed by atoms with Crippen LogP contribution in [0.25, 0.3) is 16.5 Å². The fourth-order valence-electron chi connectivity index (χ4n) is 2.41. The number of aryl methyl sites for hydroxylation is 1. The molecule has 0 unspecified atom stereocenters. The van der Waals surface area contributed by atoms with E-state index in [1.54, 1.807) is 17.4 Å². The average Bonchev–Trinajstić information content (AvgIpc) is 3.23. The summed E-state index contributed by atoms with van der Waals surface area (Å²) in [6.07, 6.45) is 0. The summed E-state index contributed by atoms with van der Waals surface area (Å²) in [5.74, 6) is 1.01. The summed E-state index contributed by atoms with van der Waals surface area (Å²) in [4.78, 5) is 20.8. The van der Waals surface area contributed by atoms with Crippen LogP contribution in [0.2, 0.25) is 0 Å². The van der Waals surface area contributed by atoms with Gasteiger partial charge in [-0.15, -0.1) is 16.4 Å². The topological polar surface area (TPSA) is 75.1 Å². The van der Waals surface area contributed by atoms with Gasteiger partial charge < -0.3 is 10.3 Å². The van der Waals surface area contributed by atoms with Gasteiger partial charge in [0.2, 0.25) is 5.78 Å². The number of H-pyrrole nitrogens is 1. The summed E-state index contributed by atoms with van der Waals surface area (Å²) in [5, 5.41) is 9.52. The first-order valence-corrected chi connectivity index (χ1v) is 8.40. The van der Waals surface area contributed by atoms with Crippen molar-refractivity contribution in [2.75, 3.05) is 5.32 Å². The Morgan fingerprint density at radius 3 is 2.83 bits per heavy atom. The van der Waals surface area contributed by atoms with Crippen molar-refractivity contribution in [3.8, 4) is 10.7 Å². The second-order valence-electron chi connectivity index (χ2n) is 5.50. The van der Waals surface area contributed by atoms with Crippen LogP contribution >= 0.6 is 11.3 Å². The fraction of sp³-hybridized carbons (Fsp3) is 0.118. The van der Waals surface area contributed by atoms with Gasteiger partial charge in [0.05, 0.1) is 11.4 Å². The Kier molecular flexibility index (Phi) is 3.62. The minimum Gasteiger partial charge on any atom is -0.379 e. The number of benzene rings is 1. The second kappa shape index (κ2) is 5.93. The molecule has 3 heterocycles. The van der Waals surface area contributed by atoms with E-state index >= 15 is 0 Å². The molecular formula is C17H15N5OS. The Labute approximate surface area is 141 Å². The van der Waals surface area contributed by atoms with Crippen molar-refractivity contribution in [1.29, 1.82) is 0 Å². The molecule has 7 heteroatoms. The highest BCUT2D eigenvalue weighted by molar-refractivity contribution is 7.13. The Morgan fingerprint density at radius 2 is 2.08 bits per heavy atom. The third-order valence-electron chi connectivity index (χ3n) is 3.66. The van der Waals surface area contributed by atoms with Crippen LogP contribution in [-0.2, 0) is 6.54 Å². The van der Waals surface area contributed by atoms with E-state index in [1.165, 1.54) is 10.1 Å². The molecule has 0 aliphatic carbocycles. The van der Waals surface area contributed by atoms with Gasteiger partial charge in [-0.1, -0.05) is 23.8 Å². The number of fused-ring (bicyclic) bond motifs is 1. The number of anilines is 1. The Morgan fingerprint density at radius 1 is 1.25 bits per heavy atom. The minimum absolute atomic E-state index is 0.195. The molecule has 0 radical (unpaired) electrons. The number of hydrogen-bond acceptors (Lipinski definition) is 5. The zero-order valence-corrected chi connectivity index (χ0v) is 13.8. The van der Waals surface area contributed by atoms with Gasteiger partial charge in [-0.05, 0) is 30.5 Å². The zero-order valence-electron chi connectivity index (χ0n) is 13.0. The Bertz CT molecular complexity index is 1030. The molecular weight excluding hydrogens is 322 g/mol. The van der Waals surface area contributed by atoms with Crippen molar-refractivity contribution in [1.82, 2.24) is 19.6 Å². The lowest BCUT2D eigenvalue weighted by molar-refractivity contribution is 0.879. The number of thiophene rings is 1. The molecule has 4 aromatic rings. The third kappa shape index (κ3) is 2.81. The van der Waals surface area contributed by atoms with E-state index in [0.29, 0.717) is 18.1 Å². The fourth-order valence-corrected chi connectivity index (χ4v) is 3.06. The van der Waals surface area contributed by atoms with E-state index in [2.05, 4.69) is 20.4 Å². The normalized spacial score (nSPS) is 11.0. The zero-order chi connectivity index (χ0) is 16.5. The first kappa shape index (κ1) is 14.6. The largest absolute Gasteiger partial charge is 0.379 e. The molecule has 0 spiro atoms. The molecule has 0 amide bonds. The van der Waals surface area contributed by atoms with Crippen molar-refractivity contribution < 1.29 is 0 Å². The predicted molar refractivity (Wildman–Crippen MR) is 95.4 cm³/mol. The van der Waals surface area contributed by atoms with Crippen LogP contribution in [0.4, 0.5) is 5.69 Å². The van der Waals surface area contributed by atoms with Crippen molar-refractivity contribution in [3.63, 3.8) is 0 Å². The van der Waals surface area contributed by atoms with Crippen LogP contribution in [-0.4, -0.2) is 19.6 Å². The summed E-state index contributed by atoms with van der Waals surface area (Å²) in [5.41, 5.74) is 2.78. The highest BCUT2D eigenvalue weighted by Crippen LogP contribution is 2.20. The average molecular weight is 337 g/mol. The maximum atomic E-state index is 12.3. The lowest BCUT2D eigenvalue weighted by Gasteiger charge is -2.06. The molecule has 4 rings (SSSR count). The molecule has 1 aromatic carbocycles. The van der Waals surface area contributed by atoms with Gasteiger partial charge in [-0.25, -0.2) is 0 Å². The number of aromatic amines is 1. The minimum atomic E-state index is -0.195. The number of rotatable bonds is 4. The van der Waals surface area contributed by atoms with Crippen LogP contribution in [0.1, 0.15) is 11.3 Å². The highest BCUT2D eigenvalue weighted by Gasteiger charge is 2.10. The standard InChI is InChI=1S/C17H15N5OS/c1-11-4-6-12(7-5-11)18-10-13-9-15(23)22-17(19-13)20-16(21-22)14-3-2-8-24-14/h2-9,18H,10H2,1H3,(H,19,20,21). The maximum absolute atomic E-state index is 12.3. The van der Waals surface area contributed by atoms with Crippen LogP contribution < -0.4 is 10.9 Å². The predicted octanol–water partition coefficient (Wildman–Crippen LogP) is 3.07. The molecule has 3 aromatic heterocycles. The molecule has 0 saturated carbocycles. The van der Waals surface area contributed by atoms with Crippen LogP contribution in [0.3, 0.4) is 0 Å². The number of nitrogens with zero attached hydrogens (tertiary/aromatic N) is 3. The second-order valence-corrected chi connectivity index (χ2v) is 6.45. The number of nitrogens with one attached hydrogen (secondary N) is 2. The molecule has 0 saturated heterocycles. The first-order valence-electron chi connectivity index (χ1n) is 7.52. The molecule has 6 nitrogen and oxygen atoms in total. The van der Waals surface area contributed by atoms with Crippen molar-refractivity contribution in [3.05, 3.63) is 69.5 Å². The van der Waals surface area contributed by atoms with Crippen LogP contribution in [0.15, 0.2) is 52.6 Å². The molecule has 2 N–H and O–H groups in total. The Balaban J connectivity index is 1.62. The Hall–Kier alpha value is -2.93. The van der Waals surface area contributed by atoms with Gasteiger partial charge in [0.1, 0.15) is 0 Å². The molecule has 0 atom stereocenters. The SMILES string of the molecule is Cc1ccc(NCc2cc(=O)n3nc(-c4cccs4)nc3[nH]2)cc1. The summed E-state index contributed by atoms with van der Waals surface area (Å²) < 4.78 is 1.30. The van der Waals surface area contributed by atoms with Gasteiger partial charge in [-0.2, -0.15) is 9.50 Å². The van der Waals surface area contributed by atoms with E-state index in [0.717, 1.165) is 16.3 Å². The van der Waals surface area contributed by atoms with Crippen LogP contribution in [0, 0.1) is 6.92 Å². The summed E-state index contributed by atoms with van der Waals surface area (Å²) in [6.45, 7) is 2.56. The number of hydrogen-bond donors (Lipinski definition) is 2. The van der Waals surface area contributed by atoms with Gasteiger partial charge in [0.15, 0.2) is 5.82 Å². The molecule has 0 fully saturated rings. The molecule has 120 valence electrons. The van der Waals surface area contributed by atoms with Crippen LogP contribution in [0.5, 0.6) is 0 Å². The van der Waals surface area contributed by atoms with Crippen molar-refractivity contribution in [2.24, 2.45) is 0 Å². The van der Waals surface area contributed by atoms with Gasteiger partial charge in [-0.3, -0.25) is 4.79 Å². The molecule has 0 bridgehead atoms. The molecule has 24 heavy (non-hydrogen) atoms. The summed E-state index contributed by atoms with van der Waals surface area (Å²) in [7, 11) is 0. The van der Waals surface area contributed by atoms with Gasteiger partial charge >= 0.3 is 0 Å². The van der Waals surface area contributed by atoms with Crippen molar-refractivity contribution >= 4 is 22.8 Å². The van der Waals surface area contributed by atoms with E-state index < -0.39 is 0 Å². The summed E-state index contributed by atoms with van der Waals surface area (Å²) >= 11 is 1.54. The third-order valence-corrected chi connectivity index (χ3v) is 4.53. The first-order chi connectivity index (χ1) is 11.7. The lowest BCUT2D eigenvalue weighted by Crippen LogP contribution is -2.17. The quantitative estimate of drug-likeness (QED) is 0.600. The summed E-state index contributed by atoms with van der Waals surface area (Å²) in [6, 6.07) is 13.5. The van der Waals surface area contributed by atoms with E-state index in [4.69, 9.17) is 0 Å². The smallest absolute Gasteiger partial charge is 0.275 e. The van der Waals surface area contributed by atoms with Gasteiger partial charge in [0, 0.05) is 17.4 Å². The van der Waals surface area contributed by atoms with E-state index in [1.807, 2.05) is 48.7 Å². The van der Waals surface area contributed by atoms with E-state index in [9.17, 15) is 4.79 Å². The molecule has 0 aliphatic heterocycles. The van der Waals surface area contributed by atoms with E-state index in [-0.39, 0.29) is 5.56 Å². The monoisotopic (exact) mass is 337 g/mol. The maximum Gasteiger partial charge on any atom is 0.275 e. The van der Waals surface area contributed by atoms with Crippen molar-refractivity contribution in [2.45, 2.75) is 13.5 Å². The molecule has 0 aliphatic rings. The van der Waals surface area contributed by atoms with Gasteiger partial charge in [0.25, 0.3) is 5.56 Å². The number of aromatic nitrogens is 4. The lowest BCUT2D eigenvalue weighted by atomic mass is 10.2. The highest BCUT2D eigenvalue weighted by atomic mass is 32.1.